The van der Waals surface area contributed by atoms with Crippen LogP contribution >= 0.6 is 0 Å². The molecule has 0 aromatic carbocycles. The van der Waals surface area contributed by atoms with Crippen molar-refractivity contribution in [3.8, 4) is 0 Å². The molecule has 6 saturated carbocycles. The van der Waals surface area contributed by atoms with E-state index < -0.39 is 0 Å². The molecule has 7 rings (SSSR count). The second-order valence-corrected chi connectivity index (χ2v) is 10.7. The molecule has 7 aliphatic rings. The predicted octanol–water partition coefficient (Wildman–Crippen LogP) is 2.82. The fourth-order valence-electron chi connectivity index (χ4n) is 10.1. The number of hydrogen-bond donors (Lipinski definition) is 2. The lowest BCUT2D eigenvalue weighted by atomic mass is 9.39. The lowest BCUT2D eigenvalue weighted by Gasteiger charge is -2.68. The Labute approximate surface area is 151 Å². The standard InChI is InChI=1S/C22H33NO2/c1-4-23-11-20(3)7-5-8-22-15(20)10-14(18(22)23)21-9-6-13(12(2)19(21)25)16(24)17(21)22/h13-19,24-25H,2,4-11H2,1,3H3/t13?,14?,15?,16?,17?,18?,19-,20+,21?,22?/m1/s1. The highest BCUT2D eigenvalue weighted by Crippen LogP contribution is 2.83. The topological polar surface area (TPSA) is 43.7 Å². The van der Waals surface area contributed by atoms with Crippen molar-refractivity contribution in [2.45, 2.75) is 70.6 Å². The van der Waals surface area contributed by atoms with Gasteiger partial charge in [-0.2, -0.15) is 0 Å². The highest BCUT2D eigenvalue weighted by atomic mass is 16.3. The second kappa shape index (κ2) is 4.36. The van der Waals surface area contributed by atoms with Crippen LogP contribution in [-0.2, 0) is 0 Å². The van der Waals surface area contributed by atoms with Gasteiger partial charge in [0.05, 0.1) is 12.2 Å². The fraction of sp³-hybridized carbons (Fsp3) is 0.909. The Morgan fingerprint density at radius 3 is 2.76 bits per heavy atom. The van der Waals surface area contributed by atoms with Gasteiger partial charge in [0, 0.05) is 29.8 Å². The SMILES string of the molecule is C=C1C2CCC3(C4CC5C6(CCC[C@@]5(C)CN(CC)C46)C3C2O)[C@@H]1O. The maximum absolute atomic E-state index is 11.5. The summed E-state index contributed by atoms with van der Waals surface area (Å²) in [7, 11) is 0. The van der Waals surface area contributed by atoms with Crippen molar-refractivity contribution < 1.29 is 10.2 Å². The molecule has 0 amide bonds. The van der Waals surface area contributed by atoms with Gasteiger partial charge < -0.3 is 10.2 Å². The Morgan fingerprint density at radius 2 is 2.00 bits per heavy atom. The first-order chi connectivity index (χ1) is 11.9. The molecule has 2 spiro atoms. The number of rotatable bonds is 1. The van der Waals surface area contributed by atoms with E-state index in [4.69, 9.17) is 0 Å². The molecule has 1 aliphatic heterocycles. The van der Waals surface area contributed by atoms with E-state index in [-0.39, 0.29) is 29.0 Å². The molecule has 25 heavy (non-hydrogen) atoms. The summed E-state index contributed by atoms with van der Waals surface area (Å²) in [6.07, 6.45) is 6.75. The number of piperidine rings is 1. The quantitative estimate of drug-likeness (QED) is 0.720. The van der Waals surface area contributed by atoms with Gasteiger partial charge in [-0.05, 0) is 66.9 Å². The van der Waals surface area contributed by atoms with Crippen LogP contribution in [0.2, 0.25) is 0 Å². The zero-order valence-electron chi connectivity index (χ0n) is 15.7. The van der Waals surface area contributed by atoms with E-state index in [0.29, 0.717) is 23.3 Å². The molecule has 1 saturated heterocycles. The minimum atomic E-state index is -0.377. The normalized spacial score (nSPS) is 64.6. The average Bonchev–Trinajstić information content (AvgIpc) is 2.99. The minimum Gasteiger partial charge on any atom is -0.392 e. The van der Waals surface area contributed by atoms with Crippen molar-refractivity contribution in [3.05, 3.63) is 12.2 Å². The monoisotopic (exact) mass is 343 g/mol. The van der Waals surface area contributed by atoms with Crippen molar-refractivity contribution in [2.75, 3.05) is 13.1 Å². The van der Waals surface area contributed by atoms with Crippen molar-refractivity contribution >= 4 is 0 Å². The van der Waals surface area contributed by atoms with Gasteiger partial charge in [-0.25, -0.2) is 0 Å². The first kappa shape index (κ1) is 15.7. The van der Waals surface area contributed by atoms with Gasteiger partial charge in [-0.3, -0.25) is 4.90 Å². The number of likely N-dealkylation sites (tertiary alicyclic amines) is 1. The molecule has 0 aromatic heterocycles. The van der Waals surface area contributed by atoms with E-state index >= 15 is 0 Å². The molecule has 0 radical (unpaired) electrons. The Morgan fingerprint density at radius 1 is 1.20 bits per heavy atom. The number of hydrogen-bond acceptors (Lipinski definition) is 3. The Hall–Kier alpha value is -0.380. The van der Waals surface area contributed by atoms with Crippen LogP contribution in [0, 0.1) is 39.9 Å². The molecule has 2 N–H and O–H groups in total. The van der Waals surface area contributed by atoms with E-state index in [1.165, 1.54) is 32.2 Å². The van der Waals surface area contributed by atoms with Crippen molar-refractivity contribution in [1.29, 1.82) is 0 Å². The summed E-state index contributed by atoms with van der Waals surface area (Å²) in [5.41, 5.74) is 1.54. The molecule has 10 atom stereocenters. The van der Waals surface area contributed by atoms with E-state index in [0.717, 1.165) is 30.9 Å². The fourth-order valence-corrected chi connectivity index (χ4v) is 10.1. The van der Waals surface area contributed by atoms with Gasteiger partial charge in [0.1, 0.15) is 0 Å². The summed E-state index contributed by atoms with van der Waals surface area (Å²) < 4.78 is 0. The van der Waals surface area contributed by atoms with Crippen LogP contribution in [-0.4, -0.2) is 46.5 Å². The third-order valence-corrected chi connectivity index (χ3v) is 10.5. The summed E-state index contributed by atoms with van der Waals surface area (Å²) in [6.45, 7) is 11.5. The molecule has 7 bridgehead atoms. The van der Waals surface area contributed by atoms with Gasteiger partial charge in [-0.15, -0.1) is 0 Å². The van der Waals surface area contributed by atoms with Crippen LogP contribution in [0.25, 0.3) is 0 Å². The highest BCUT2D eigenvalue weighted by Gasteiger charge is 2.84. The molecule has 0 aromatic rings. The van der Waals surface area contributed by atoms with E-state index in [9.17, 15) is 10.2 Å². The Bertz CT molecular complexity index is 662. The van der Waals surface area contributed by atoms with Gasteiger partial charge in [0.2, 0.25) is 0 Å². The van der Waals surface area contributed by atoms with Gasteiger partial charge >= 0.3 is 0 Å². The molecule has 7 fully saturated rings. The summed E-state index contributed by atoms with van der Waals surface area (Å²) >= 11 is 0. The highest BCUT2D eigenvalue weighted by molar-refractivity contribution is 5.38. The molecular formula is C22H33NO2. The van der Waals surface area contributed by atoms with Crippen LogP contribution in [0.4, 0.5) is 0 Å². The molecular weight excluding hydrogens is 310 g/mol. The first-order valence-corrected chi connectivity index (χ1v) is 10.7. The lowest BCUT2D eigenvalue weighted by Crippen LogP contribution is -2.69. The second-order valence-electron chi connectivity index (χ2n) is 10.7. The zero-order valence-corrected chi connectivity index (χ0v) is 15.7. The minimum absolute atomic E-state index is 0.0809. The van der Waals surface area contributed by atoms with Crippen LogP contribution in [0.3, 0.4) is 0 Å². The largest absolute Gasteiger partial charge is 0.392 e. The number of fused-ring (bicyclic) bond motifs is 2. The molecule has 8 unspecified atom stereocenters. The van der Waals surface area contributed by atoms with Crippen molar-refractivity contribution in [2.24, 2.45) is 39.9 Å². The molecule has 138 valence electrons. The summed E-state index contributed by atoms with van der Waals surface area (Å²) in [5.74, 6) is 1.77. The van der Waals surface area contributed by atoms with Crippen LogP contribution < -0.4 is 0 Å². The maximum atomic E-state index is 11.5. The average molecular weight is 344 g/mol. The third kappa shape index (κ3) is 1.34. The Balaban J connectivity index is 1.60. The van der Waals surface area contributed by atoms with E-state index in [2.05, 4.69) is 25.3 Å². The number of aliphatic hydroxyl groups excluding tert-OH is 2. The van der Waals surface area contributed by atoms with Crippen molar-refractivity contribution in [3.63, 3.8) is 0 Å². The van der Waals surface area contributed by atoms with Crippen molar-refractivity contribution in [1.82, 2.24) is 4.90 Å². The van der Waals surface area contributed by atoms with Gasteiger partial charge in [-0.1, -0.05) is 26.8 Å². The number of nitrogens with zero attached hydrogens (tertiary/aromatic N) is 1. The zero-order chi connectivity index (χ0) is 17.4. The smallest absolute Gasteiger partial charge is 0.0814 e. The molecule has 1 heterocycles. The maximum Gasteiger partial charge on any atom is 0.0814 e. The summed E-state index contributed by atoms with van der Waals surface area (Å²) in [5, 5.41) is 22.9. The van der Waals surface area contributed by atoms with Crippen LogP contribution in [0.15, 0.2) is 12.2 Å². The van der Waals surface area contributed by atoms with Gasteiger partial charge in [0.25, 0.3) is 0 Å². The molecule has 6 aliphatic carbocycles. The van der Waals surface area contributed by atoms with Gasteiger partial charge in [0.15, 0.2) is 0 Å². The summed E-state index contributed by atoms with van der Waals surface area (Å²) in [6, 6.07) is 0.592. The van der Waals surface area contributed by atoms with Crippen LogP contribution in [0.5, 0.6) is 0 Å². The third-order valence-electron chi connectivity index (χ3n) is 10.5. The van der Waals surface area contributed by atoms with E-state index in [1.54, 1.807) is 0 Å². The number of aliphatic hydroxyl groups is 2. The predicted molar refractivity (Wildman–Crippen MR) is 96.8 cm³/mol. The summed E-state index contributed by atoms with van der Waals surface area (Å²) in [4.78, 5) is 2.77. The van der Waals surface area contributed by atoms with E-state index in [1.807, 2.05) is 0 Å². The lowest BCUT2D eigenvalue weighted by molar-refractivity contribution is -0.227. The van der Waals surface area contributed by atoms with Crippen LogP contribution in [0.1, 0.15) is 52.4 Å². The first-order valence-electron chi connectivity index (χ1n) is 10.7. The molecule has 3 nitrogen and oxygen atoms in total. The molecule has 3 heteroatoms. The Kier molecular flexibility index (Phi) is 2.73.